The molecule has 2 aromatic carbocycles. The number of likely N-dealkylation sites (N-methyl/N-ethyl adjacent to an activating group) is 1. The maximum atomic E-state index is 13.1. The summed E-state index contributed by atoms with van der Waals surface area (Å²) in [6.07, 6.45) is 2.01. The number of methoxy groups -OCH3 is 1. The molecule has 3 N–H and O–H groups in total. The number of fused-ring (bicyclic) bond motifs is 1. The predicted molar refractivity (Wildman–Crippen MR) is 129 cm³/mol. The SMILES string of the molecule is CO/C(=C\C(N)C(=O)N[C@H]1COc2ccc(C(=O)N(C)C)cc2N(C)C1=O)Cc1ccccc1. The lowest BCUT2D eigenvalue weighted by Gasteiger charge is -2.22. The maximum absolute atomic E-state index is 13.1. The molecule has 0 fully saturated rings. The van der Waals surface area contributed by atoms with Crippen molar-refractivity contribution in [2.75, 3.05) is 39.8 Å². The van der Waals surface area contributed by atoms with E-state index in [-0.39, 0.29) is 18.4 Å². The molecule has 0 bridgehead atoms. The lowest BCUT2D eigenvalue weighted by Crippen LogP contribution is -2.53. The number of hydrogen-bond donors (Lipinski definition) is 2. The molecule has 1 unspecified atom stereocenters. The Labute approximate surface area is 199 Å². The summed E-state index contributed by atoms with van der Waals surface area (Å²) in [4.78, 5) is 40.9. The standard InChI is InChI=1S/C25H30N4O5/c1-28(2)24(31)17-10-11-22-21(13-17)29(3)25(32)20(15-34-22)27-23(30)19(26)14-18(33-4)12-16-8-6-5-7-9-16/h5-11,13-14,19-20H,12,15,26H2,1-4H3,(H,27,30)/b18-14-/t19?,20-/m0/s1. The molecule has 0 saturated heterocycles. The van der Waals surface area contributed by atoms with Gasteiger partial charge < -0.3 is 30.3 Å². The van der Waals surface area contributed by atoms with Crippen molar-refractivity contribution in [1.82, 2.24) is 10.2 Å². The monoisotopic (exact) mass is 466 g/mol. The number of rotatable bonds is 7. The van der Waals surface area contributed by atoms with E-state index >= 15 is 0 Å². The molecule has 0 saturated carbocycles. The highest BCUT2D eigenvalue weighted by Crippen LogP contribution is 2.32. The highest BCUT2D eigenvalue weighted by molar-refractivity contribution is 6.03. The van der Waals surface area contributed by atoms with Crippen LogP contribution in [0.5, 0.6) is 5.75 Å². The number of hydrogen-bond acceptors (Lipinski definition) is 6. The van der Waals surface area contributed by atoms with Crippen LogP contribution in [0, 0.1) is 0 Å². The van der Waals surface area contributed by atoms with Crippen LogP contribution in [0.15, 0.2) is 60.4 Å². The minimum atomic E-state index is -1.02. The van der Waals surface area contributed by atoms with E-state index < -0.39 is 18.0 Å². The average molecular weight is 467 g/mol. The molecule has 0 aromatic heterocycles. The molecule has 9 heteroatoms. The summed E-state index contributed by atoms with van der Waals surface area (Å²) in [5.41, 5.74) is 7.96. The molecule has 2 aromatic rings. The van der Waals surface area contributed by atoms with E-state index in [1.165, 1.54) is 23.0 Å². The number of carbonyl (C=O) groups excluding carboxylic acids is 3. The highest BCUT2D eigenvalue weighted by atomic mass is 16.5. The van der Waals surface area contributed by atoms with Gasteiger partial charge in [0.15, 0.2) is 0 Å². The van der Waals surface area contributed by atoms with Gasteiger partial charge in [0.25, 0.3) is 11.8 Å². The fraction of sp³-hybridized carbons (Fsp3) is 0.320. The van der Waals surface area contributed by atoms with Crippen LogP contribution in [0.3, 0.4) is 0 Å². The Hall–Kier alpha value is -3.85. The lowest BCUT2D eigenvalue weighted by molar-refractivity contribution is -0.128. The second-order valence-corrected chi connectivity index (χ2v) is 8.18. The number of allylic oxidation sites excluding steroid dienone is 1. The summed E-state index contributed by atoms with van der Waals surface area (Å²) < 4.78 is 11.2. The van der Waals surface area contributed by atoms with Gasteiger partial charge in [0.1, 0.15) is 24.4 Å². The fourth-order valence-corrected chi connectivity index (χ4v) is 3.53. The molecule has 1 aliphatic rings. The van der Waals surface area contributed by atoms with Crippen molar-refractivity contribution in [1.29, 1.82) is 0 Å². The zero-order chi connectivity index (χ0) is 24.8. The number of nitrogens with zero attached hydrogens (tertiary/aromatic N) is 2. The fourth-order valence-electron chi connectivity index (χ4n) is 3.53. The van der Waals surface area contributed by atoms with Crippen molar-refractivity contribution in [2.45, 2.75) is 18.5 Å². The van der Waals surface area contributed by atoms with Gasteiger partial charge >= 0.3 is 0 Å². The molecule has 2 atom stereocenters. The van der Waals surface area contributed by atoms with Gasteiger partial charge in [-0.2, -0.15) is 0 Å². The molecule has 34 heavy (non-hydrogen) atoms. The molecule has 9 nitrogen and oxygen atoms in total. The van der Waals surface area contributed by atoms with Gasteiger partial charge in [-0.25, -0.2) is 0 Å². The Kier molecular flexibility index (Phi) is 7.91. The molecule has 0 spiro atoms. The molecular weight excluding hydrogens is 436 g/mol. The third-order valence-corrected chi connectivity index (χ3v) is 5.48. The van der Waals surface area contributed by atoms with Gasteiger partial charge in [0, 0.05) is 33.1 Å². The van der Waals surface area contributed by atoms with E-state index in [0.717, 1.165) is 5.56 Å². The molecule has 0 aliphatic carbocycles. The van der Waals surface area contributed by atoms with Gasteiger partial charge in [0.2, 0.25) is 5.91 Å². The van der Waals surface area contributed by atoms with Crippen LogP contribution < -0.4 is 20.7 Å². The molecule has 1 heterocycles. The van der Waals surface area contributed by atoms with Crippen LogP contribution in [0.25, 0.3) is 0 Å². The van der Waals surface area contributed by atoms with Gasteiger partial charge in [-0.15, -0.1) is 0 Å². The zero-order valence-corrected chi connectivity index (χ0v) is 19.8. The first-order valence-electron chi connectivity index (χ1n) is 10.8. The molecule has 1 aliphatic heterocycles. The number of ether oxygens (including phenoxy) is 2. The summed E-state index contributed by atoms with van der Waals surface area (Å²) >= 11 is 0. The van der Waals surface area contributed by atoms with E-state index in [9.17, 15) is 14.4 Å². The van der Waals surface area contributed by atoms with Gasteiger partial charge in [-0.05, 0) is 29.8 Å². The lowest BCUT2D eigenvalue weighted by atomic mass is 10.1. The van der Waals surface area contributed by atoms with Gasteiger partial charge in [-0.3, -0.25) is 14.4 Å². The number of nitrogens with one attached hydrogen (secondary N) is 1. The van der Waals surface area contributed by atoms with Crippen molar-refractivity contribution in [3.05, 3.63) is 71.5 Å². The third-order valence-electron chi connectivity index (χ3n) is 5.48. The topological polar surface area (TPSA) is 114 Å². The van der Waals surface area contributed by atoms with E-state index in [0.29, 0.717) is 29.2 Å². The predicted octanol–water partition coefficient (Wildman–Crippen LogP) is 1.33. The molecule has 3 rings (SSSR count). The summed E-state index contributed by atoms with van der Waals surface area (Å²) in [5, 5.41) is 2.67. The maximum Gasteiger partial charge on any atom is 0.253 e. The molecule has 3 amide bonds. The second-order valence-electron chi connectivity index (χ2n) is 8.18. The van der Waals surface area contributed by atoms with Crippen LogP contribution in [0.4, 0.5) is 5.69 Å². The quantitative estimate of drug-likeness (QED) is 0.595. The van der Waals surface area contributed by atoms with Crippen molar-refractivity contribution >= 4 is 23.4 Å². The summed E-state index contributed by atoms with van der Waals surface area (Å²) in [6, 6.07) is 12.6. The van der Waals surface area contributed by atoms with Crippen LogP contribution in [-0.4, -0.2) is 69.6 Å². The van der Waals surface area contributed by atoms with Crippen molar-refractivity contribution < 1.29 is 23.9 Å². The summed E-state index contributed by atoms with van der Waals surface area (Å²) in [5.74, 6) is -0.127. The third kappa shape index (κ3) is 5.74. The Balaban J connectivity index is 1.71. The number of carbonyl (C=O) groups is 3. The van der Waals surface area contributed by atoms with E-state index in [1.54, 1.807) is 39.3 Å². The Bertz CT molecular complexity index is 1080. The first kappa shape index (κ1) is 24.8. The van der Waals surface area contributed by atoms with Crippen molar-refractivity contribution in [3.63, 3.8) is 0 Å². The molecule has 180 valence electrons. The minimum absolute atomic E-state index is 0.0690. The Morgan fingerprint density at radius 1 is 1.26 bits per heavy atom. The highest BCUT2D eigenvalue weighted by Gasteiger charge is 2.32. The smallest absolute Gasteiger partial charge is 0.253 e. The van der Waals surface area contributed by atoms with Crippen LogP contribution in [0.1, 0.15) is 15.9 Å². The normalized spacial score (nSPS) is 16.6. The average Bonchev–Trinajstić information content (AvgIpc) is 2.95. The number of amides is 3. The molecular formula is C25H30N4O5. The second kappa shape index (κ2) is 10.8. The summed E-state index contributed by atoms with van der Waals surface area (Å²) in [6.45, 7) is -0.0690. The first-order valence-corrected chi connectivity index (χ1v) is 10.8. The Morgan fingerprint density at radius 2 is 1.97 bits per heavy atom. The Morgan fingerprint density at radius 3 is 2.62 bits per heavy atom. The van der Waals surface area contributed by atoms with Crippen molar-refractivity contribution in [2.24, 2.45) is 5.73 Å². The minimum Gasteiger partial charge on any atom is -0.501 e. The molecule has 0 radical (unpaired) electrons. The van der Waals surface area contributed by atoms with E-state index in [4.69, 9.17) is 15.2 Å². The van der Waals surface area contributed by atoms with Gasteiger partial charge in [0.05, 0.1) is 18.6 Å². The van der Waals surface area contributed by atoms with Crippen LogP contribution in [0.2, 0.25) is 0 Å². The van der Waals surface area contributed by atoms with Gasteiger partial charge in [-0.1, -0.05) is 30.3 Å². The zero-order valence-electron chi connectivity index (χ0n) is 19.8. The summed E-state index contributed by atoms with van der Waals surface area (Å²) in [7, 11) is 6.39. The van der Waals surface area contributed by atoms with E-state index in [1.807, 2.05) is 30.3 Å². The van der Waals surface area contributed by atoms with Crippen LogP contribution in [-0.2, 0) is 20.7 Å². The van der Waals surface area contributed by atoms with Crippen molar-refractivity contribution in [3.8, 4) is 5.75 Å². The van der Waals surface area contributed by atoms with Crippen LogP contribution >= 0.6 is 0 Å². The first-order chi connectivity index (χ1) is 16.2. The largest absolute Gasteiger partial charge is 0.501 e. The number of benzene rings is 2. The number of anilines is 1. The number of nitrogens with two attached hydrogens (primary N) is 1. The van der Waals surface area contributed by atoms with E-state index in [2.05, 4.69) is 5.32 Å².